The number of anilines is 3. The molecule has 1 saturated carbocycles. The van der Waals surface area contributed by atoms with Gasteiger partial charge in [-0.25, -0.2) is 9.97 Å². The molecule has 4 heterocycles. The number of carbonyl (C=O) groups excluding carboxylic acids is 2. The van der Waals surface area contributed by atoms with Gasteiger partial charge < -0.3 is 20.0 Å². The van der Waals surface area contributed by atoms with Crippen LogP contribution < -0.4 is 15.1 Å². The average molecular weight is 427 g/mol. The molecule has 2 fully saturated rings. The third-order valence-corrected chi connectivity index (χ3v) is 6.08. The van der Waals surface area contributed by atoms with Gasteiger partial charge in [0.25, 0.3) is 5.91 Å². The summed E-state index contributed by atoms with van der Waals surface area (Å²) in [5.41, 5.74) is 1.23. The number of carbonyl (C=O) groups is 2. The quantitative estimate of drug-likeness (QED) is 0.807. The summed E-state index contributed by atoms with van der Waals surface area (Å²) < 4.78 is 0. The Balaban J connectivity index is 1.29. The van der Waals surface area contributed by atoms with Gasteiger partial charge in [-0.1, -0.05) is 11.6 Å². The van der Waals surface area contributed by atoms with Crippen molar-refractivity contribution in [2.24, 2.45) is 5.92 Å². The summed E-state index contributed by atoms with van der Waals surface area (Å²) in [4.78, 5) is 40.1. The molecular weight excluding hydrogens is 404 g/mol. The molecule has 0 unspecified atom stereocenters. The lowest BCUT2D eigenvalue weighted by Crippen LogP contribution is -2.49. The fourth-order valence-corrected chi connectivity index (χ4v) is 4.05. The lowest BCUT2D eigenvalue weighted by molar-refractivity contribution is -0.117. The lowest BCUT2D eigenvalue weighted by atomic mass is 10.1. The van der Waals surface area contributed by atoms with E-state index in [1.54, 1.807) is 17.3 Å². The van der Waals surface area contributed by atoms with Crippen LogP contribution in [0.3, 0.4) is 0 Å². The molecule has 5 rings (SSSR count). The van der Waals surface area contributed by atoms with Crippen LogP contribution in [-0.4, -0.2) is 66.0 Å². The molecule has 8 nitrogen and oxygen atoms in total. The average Bonchev–Trinajstić information content (AvgIpc) is 3.60. The number of nitrogens with one attached hydrogen (secondary N) is 1. The van der Waals surface area contributed by atoms with Crippen molar-refractivity contribution in [2.45, 2.75) is 12.8 Å². The highest BCUT2D eigenvalue weighted by Crippen LogP contribution is 2.35. The Hall–Kier alpha value is -2.87. The molecule has 2 aromatic rings. The second-order valence-electron chi connectivity index (χ2n) is 8.01. The molecule has 156 valence electrons. The predicted molar refractivity (Wildman–Crippen MR) is 115 cm³/mol. The number of amides is 2. The minimum atomic E-state index is -0.0570. The van der Waals surface area contributed by atoms with Gasteiger partial charge in [-0.2, -0.15) is 0 Å². The highest BCUT2D eigenvalue weighted by molar-refractivity contribution is 6.30. The maximum Gasteiger partial charge on any atom is 0.255 e. The van der Waals surface area contributed by atoms with E-state index < -0.39 is 0 Å². The number of aromatic nitrogens is 2. The van der Waals surface area contributed by atoms with E-state index in [9.17, 15) is 9.59 Å². The first kappa shape index (κ1) is 19.1. The van der Waals surface area contributed by atoms with Gasteiger partial charge in [0.05, 0.1) is 22.8 Å². The first-order valence-electron chi connectivity index (χ1n) is 10.3. The molecular formula is C21H23ClN6O2. The third kappa shape index (κ3) is 3.79. The van der Waals surface area contributed by atoms with Crippen LogP contribution >= 0.6 is 11.6 Å². The SMILES string of the molecule is O=C(c1cnc2c(c1)N(CC1CC1)C(=O)CN2)N1CCN(c2ccc(Cl)cn2)CC1. The van der Waals surface area contributed by atoms with E-state index in [1.165, 1.54) is 0 Å². The van der Waals surface area contributed by atoms with Crippen molar-refractivity contribution in [1.29, 1.82) is 0 Å². The first-order valence-corrected chi connectivity index (χ1v) is 10.7. The number of hydrogen-bond donors (Lipinski definition) is 1. The van der Waals surface area contributed by atoms with Gasteiger partial charge in [0, 0.05) is 45.1 Å². The number of piperazine rings is 1. The van der Waals surface area contributed by atoms with Gasteiger partial charge >= 0.3 is 0 Å². The van der Waals surface area contributed by atoms with Crippen LogP contribution in [-0.2, 0) is 4.79 Å². The third-order valence-electron chi connectivity index (χ3n) is 5.85. The molecule has 1 aliphatic carbocycles. The second kappa shape index (κ2) is 7.75. The Labute approximate surface area is 179 Å². The van der Waals surface area contributed by atoms with Crippen molar-refractivity contribution >= 4 is 40.7 Å². The van der Waals surface area contributed by atoms with Crippen molar-refractivity contribution in [3.05, 3.63) is 41.2 Å². The van der Waals surface area contributed by atoms with Crippen LogP contribution in [0.2, 0.25) is 5.02 Å². The summed E-state index contributed by atoms with van der Waals surface area (Å²) in [5, 5.41) is 3.67. The normalized spacial score (nSPS) is 18.8. The topological polar surface area (TPSA) is 81.7 Å². The van der Waals surface area contributed by atoms with Crippen LogP contribution in [0.5, 0.6) is 0 Å². The van der Waals surface area contributed by atoms with E-state index in [1.807, 2.05) is 23.1 Å². The molecule has 9 heteroatoms. The van der Waals surface area contributed by atoms with Crippen LogP contribution in [0.4, 0.5) is 17.3 Å². The first-order chi connectivity index (χ1) is 14.6. The summed E-state index contributed by atoms with van der Waals surface area (Å²) in [6, 6.07) is 5.53. The van der Waals surface area contributed by atoms with E-state index in [-0.39, 0.29) is 18.4 Å². The zero-order chi connectivity index (χ0) is 20.7. The summed E-state index contributed by atoms with van der Waals surface area (Å²) in [7, 11) is 0. The summed E-state index contributed by atoms with van der Waals surface area (Å²) in [6.07, 6.45) is 5.55. The fraction of sp³-hybridized carbons (Fsp3) is 0.429. The Morgan fingerprint density at radius 3 is 2.63 bits per heavy atom. The van der Waals surface area contributed by atoms with Crippen molar-refractivity contribution < 1.29 is 9.59 Å². The minimum absolute atomic E-state index is 0.0323. The van der Waals surface area contributed by atoms with E-state index >= 15 is 0 Å². The fourth-order valence-electron chi connectivity index (χ4n) is 3.94. The molecule has 3 aliphatic rings. The molecule has 0 atom stereocenters. The molecule has 0 spiro atoms. The maximum atomic E-state index is 13.1. The van der Waals surface area contributed by atoms with Gasteiger partial charge in [-0.05, 0) is 37.0 Å². The highest BCUT2D eigenvalue weighted by atomic mass is 35.5. The smallest absolute Gasteiger partial charge is 0.255 e. The van der Waals surface area contributed by atoms with Gasteiger partial charge in [0.2, 0.25) is 5.91 Å². The number of rotatable bonds is 4. The van der Waals surface area contributed by atoms with Crippen molar-refractivity contribution in [1.82, 2.24) is 14.9 Å². The molecule has 2 amide bonds. The minimum Gasteiger partial charge on any atom is -0.359 e. The number of nitrogens with zero attached hydrogens (tertiary/aromatic N) is 5. The number of pyridine rings is 2. The van der Waals surface area contributed by atoms with Crippen molar-refractivity contribution in [3.63, 3.8) is 0 Å². The summed E-state index contributed by atoms with van der Waals surface area (Å²) >= 11 is 5.92. The maximum absolute atomic E-state index is 13.1. The van der Waals surface area contributed by atoms with Gasteiger partial charge in [-0.15, -0.1) is 0 Å². The number of fused-ring (bicyclic) bond motifs is 1. The Morgan fingerprint density at radius 1 is 1.13 bits per heavy atom. The Bertz CT molecular complexity index is 970. The Kier molecular flexibility index (Phi) is 4.94. The van der Waals surface area contributed by atoms with Crippen LogP contribution in [0, 0.1) is 5.92 Å². The van der Waals surface area contributed by atoms with Gasteiger partial charge in [0.15, 0.2) is 0 Å². The van der Waals surface area contributed by atoms with E-state index in [0.717, 1.165) is 18.7 Å². The van der Waals surface area contributed by atoms with Crippen molar-refractivity contribution in [2.75, 3.05) is 54.4 Å². The molecule has 2 aliphatic heterocycles. The molecule has 1 N–H and O–H groups in total. The predicted octanol–water partition coefficient (Wildman–Crippen LogP) is 2.26. The van der Waals surface area contributed by atoms with Gasteiger partial charge in [0.1, 0.15) is 11.6 Å². The zero-order valence-corrected chi connectivity index (χ0v) is 17.3. The molecule has 1 saturated heterocycles. The second-order valence-corrected chi connectivity index (χ2v) is 8.44. The number of halogens is 1. The molecule has 0 bridgehead atoms. The largest absolute Gasteiger partial charge is 0.359 e. The van der Waals surface area contributed by atoms with E-state index in [0.29, 0.717) is 60.7 Å². The summed E-state index contributed by atoms with van der Waals surface area (Å²) in [5.74, 6) is 2.07. The lowest BCUT2D eigenvalue weighted by Gasteiger charge is -2.35. The standard InChI is InChI=1S/C21H23ClN6O2/c22-16-3-4-18(23-11-16)26-5-7-27(8-6-26)21(30)15-9-17-20(24-10-15)25-12-19(29)28(17)13-14-1-2-14/h3-4,9-11,14H,1-2,5-8,12-13H2,(H,24,25). The Morgan fingerprint density at radius 2 is 1.93 bits per heavy atom. The highest BCUT2D eigenvalue weighted by Gasteiger charge is 2.32. The van der Waals surface area contributed by atoms with E-state index in [4.69, 9.17) is 11.6 Å². The molecule has 30 heavy (non-hydrogen) atoms. The van der Waals surface area contributed by atoms with Crippen molar-refractivity contribution in [3.8, 4) is 0 Å². The van der Waals surface area contributed by atoms with Crippen LogP contribution in [0.15, 0.2) is 30.6 Å². The zero-order valence-electron chi connectivity index (χ0n) is 16.6. The van der Waals surface area contributed by atoms with Crippen LogP contribution in [0.1, 0.15) is 23.2 Å². The summed E-state index contributed by atoms with van der Waals surface area (Å²) in [6.45, 7) is 3.56. The monoisotopic (exact) mass is 426 g/mol. The number of hydrogen-bond acceptors (Lipinski definition) is 6. The molecule has 0 radical (unpaired) electrons. The molecule has 2 aromatic heterocycles. The van der Waals surface area contributed by atoms with Gasteiger partial charge in [-0.3, -0.25) is 9.59 Å². The van der Waals surface area contributed by atoms with E-state index in [2.05, 4.69) is 20.2 Å². The van der Waals surface area contributed by atoms with Crippen LogP contribution in [0.25, 0.3) is 0 Å². The molecule has 0 aromatic carbocycles.